The third-order valence-corrected chi connectivity index (χ3v) is 5.02. The molecule has 3 rings (SSSR count). The zero-order valence-corrected chi connectivity index (χ0v) is 11.9. The number of hydrogen-bond donors (Lipinski definition) is 2. The van der Waals surface area contributed by atoms with Crippen molar-refractivity contribution in [1.82, 2.24) is 0 Å². The highest BCUT2D eigenvalue weighted by Gasteiger charge is 2.71. The average molecular weight is 268 g/mol. The van der Waals surface area contributed by atoms with Gasteiger partial charge in [0.2, 0.25) is 0 Å². The first-order valence-corrected chi connectivity index (χ1v) is 7.20. The number of allylic oxidation sites excluding steroid dienone is 1. The Hall–Kier alpha value is -0.420. The smallest absolute Gasteiger partial charge is 0.101 e. The number of epoxide rings is 2. The molecule has 108 valence electrons. The van der Waals surface area contributed by atoms with Crippen molar-refractivity contribution in [2.75, 3.05) is 6.61 Å². The van der Waals surface area contributed by atoms with Gasteiger partial charge in [-0.1, -0.05) is 11.6 Å². The standard InChI is InChI=1S/C15H24O4/c1-9(2)4-5-11-14(3,19-11)13-12(17)10(16)6-7-15(13)8-18-15/h4,10-13,16-17H,5-8H2,1-3H3/t10-,11-,12-,13-,14+,15+/m1/s1. The molecule has 1 aliphatic carbocycles. The summed E-state index contributed by atoms with van der Waals surface area (Å²) >= 11 is 0. The first kappa shape index (κ1) is 13.6. The predicted octanol–water partition coefficient (Wildman–Crippen LogP) is 1.40. The first-order valence-electron chi connectivity index (χ1n) is 7.20. The number of hydrogen-bond acceptors (Lipinski definition) is 4. The van der Waals surface area contributed by atoms with Crippen LogP contribution in [0.1, 0.15) is 40.0 Å². The molecule has 0 aromatic rings. The number of aliphatic hydroxyl groups excluding tert-OH is 2. The monoisotopic (exact) mass is 268 g/mol. The average Bonchev–Trinajstić information content (AvgIpc) is 3.22. The Kier molecular flexibility index (Phi) is 3.06. The van der Waals surface area contributed by atoms with E-state index >= 15 is 0 Å². The van der Waals surface area contributed by atoms with E-state index in [0.717, 1.165) is 12.8 Å². The predicted molar refractivity (Wildman–Crippen MR) is 70.7 cm³/mol. The minimum absolute atomic E-state index is 0.112. The van der Waals surface area contributed by atoms with Crippen molar-refractivity contribution in [3.8, 4) is 0 Å². The molecule has 0 radical (unpaired) electrons. The fourth-order valence-corrected chi connectivity index (χ4v) is 3.70. The van der Waals surface area contributed by atoms with Crippen LogP contribution in [0.15, 0.2) is 11.6 Å². The molecule has 1 spiro atoms. The van der Waals surface area contributed by atoms with E-state index in [4.69, 9.17) is 9.47 Å². The Balaban J connectivity index is 1.75. The second kappa shape index (κ2) is 4.29. The van der Waals surface area contributed by atoms with Crippen LogP contribution in [-0.4, -0.2) is 46.3 Å². The number of rotatable bonds is 3. The molecule has 3 aliphatic rings. The molecule has 4 nitrogen and oxygen atoms in total. The van der Waals surface area contributed by atoms with Crippen LogP contribution in [-0.2, 0) is 9.47 Å². The van der Waals surface area contributed by atoms with Gasteiger partial charge in [0.15, 0.2) is 0 Å². The molecule has 0 aromatic heterocycles. The van der Waals surface area contributed by atoms with Gasteiger partial charge < -0.3 is 19.7 Å². The maximum atomic E-state index is 10.4. The van der Waals surface area contributed by atoms with Crippen molar-refractivity contribution in [1.29, 1.82) is 0 Å². The zero-order valence-electron chi connectivity index (χ0n) is 11.9. The second-order valence-corrected chi connectivity index (χ2v) is 6.74. The van der Waals surface area contributed by atoms with E-state index in [1.807, 2.05) is 6.92 Å². The van der Waals surface area contributed by atoms with Crippen LogP contribution >= 0.6 is 0 Å². The van der Waals surface area contributed by atoms with Crippen LogP contribution in [0.25, 0.3) is 0 Å². The maximum absolute atomic E-state index is 10.4. The highest BCUT2D eigenvalue weighted by molar-refractivity contribution is 5.20. The van der Waals surface area contributed by atoms with Crippen LogP contribution in [0.3, 0.4) is 0 Å². The van der Waals surface area contributed by atoms with E-state index in [0.29, 0.717) is 13.0 Å². The van der Waals surface area contributed by atoms with Crippen LogP contribution in [0.4, 0.5) is 0 Å². The van der Waals surface area contributed by atoms with Gasteiger partial charge in [-0.25, -0.2) is 0 Å². The van der Waals surface area contributed by atoms with E-state index in [1.165, 1.54) is 5.57 Å². The Morgan fingerprint density at radius 2 is 2.05 bits per heavy atom. The van der Waals surface area contributed by atoms with E-state index in [2.05, 4.69) is 19.9 Å². The molecular formula is C15H24O4. The van der Waals surface area contributed by atoms with Gasteiger partial charge in [0.05, 0.1) is 36.4 Å². The van der Waals surface area contributed by atoms with Crippen LogP contribution in [0, 0.1) is 5.92 Å². The lowest BCUT2D eigenvalue weighted by Gasteiger charge is -2.39. The zero-order chi connectivity index (χ0) is 13.8. The molecule has 1 saturated carbocycles. The summed E-state index contributed by atoms with van der Waals surface area (Å²) in [6, 6.07) is 0. The van der Waals surface area contributed by atoms with Gasteiger partial charge >= 0.3 is 0 Å². The molecule has 2 N–H and O–H groups in total. The lowest BCUT2D eigenvalue weighted by Crippen LogP contribution is -2.53. The molecule has 6 atom stereocenters. The van der Waals surface area contributed by atoms with E-state index in [-0.39, 0.29) is 23.2 Å². The summed E-state index contributed by atoms with van der Waals surface area (Å²) in [7, 11) is 0. The quantitative estimate of drug-likeness (QED) is 0.600. The number of ether oxygens (including phenoxy) is 2. The summed E-state index contributed by atoms with van der Waals surface area (Å²) in [6.07, 6.45) is 3.23. The largest absolute Gasteiger partial charge is 0.390 e. The van der Waals surface area contributed by atoms with Crippen molar-refractivity contribution >= 4 is 0 Å². The summed E-state index contributed by atoms with van der Waals surface area (Å²) in [5, 5.41) is 20.3. The van der Waals surface area contributed by atoms with Gasteiger partial charge in [-0.2, -0.15) is 0 Å². The van der Waals surface area contributed by atoms with E-state index in [9.17, 15) is 10.2 Å². The minimum Gasteiger partial charge on any atom is -0.390 e. The van der Waals surface area contributed by atoms with E-state index in [1.54, 1.807) is 0 Å². The molecule has 0 unspecified atom stereocenters. The lowest BCUT2D eigenvalue weighted by molar-refractivity contribution is -0.0976. The minimum atomic E-state index is -0.738. The highest BCUT2D eigenvalue weighted by atomic mass is 16.6. The maximum Gasteiger partial charge on any atom is 0.101 e. The van der Waals surface area contributed by atoms with E-state index < -0.39 is 12.2 Å². The van der Waals surface area contributed by atoms with Gasteiger partial charge in [0, 0.05) is 0 Å². The normalized spacial score (nSPS) is 52.1. The summed E-state index contributed by atoms with van der Waals surface area (Å²) < 4.78 is 11.5. The van der Waals surface area contributed by atoms with Crippen LogP contribution < -0.4 is 0 Å². The number of aliphatic hydroxyl groups is 2. The van der Waals surface area contributed by atoms with Gasteiger partial charge in [0.1, 0.15) is 5.60 Å². The van der Waals surface area contributed by atoms with Crippen molar-refractivity contribution in [3.05, 3.63) is 11.6 Å². The topological polar surface area (TPSA) is 65.5 Å². The van der Waals surface area contributed by atoms with Crippen molar-refractivity contribution in [2.45, 2.75) is 69.5 Å². The van der Waals surface area contributed by atoms with Crippen LogP contribution in [0.2, 0.25) is 0 Å². The molecule has 0 bridgehead atoms. The Morgan fingerprint density at radius 3 is 2.63 bits per heavy atom. The molecular weight excluding hydrogens is 244 g/mol. The first-order chi connectivity index (χ1) is 8.89. The fourth-order valence-electron chi connectivity index (χ4n) is 3.70. The molecule has 4 heteroatoms. The van der Waals surface area contributed by atoms with Crippen molar-refractivity contribution < 1.29 is 19.7 Å². The van der Waals surface area contributed by atoms with Crippen molar-refractivity contribution in [2.24, 2.45) is 5.92 Å². The highest BCUT2D eigenvalue weighted by Crippen LogP contribution is 2.58. The lowest BCUT2D eigenvalue weighted by atomic mass is 9.68. The molecule has 2 heterocycles. The van der Waals surface area contributed by atoms with Gasteiger partial charge in [-0.15, -0.1) is 0 Å². The molecule has 3 fully saturated rings. The Bertz CT molecular complexity index is 397. The molecule has 0 amide bonds. The van der Waals surface area contributed by atoms with Crippen LogP contribution in [0.5, 0.6) is 0 Å². The molecule has 0 aromatic carbocycles. The van der Waals surface area contributed by atoms with Crippen molar-refractivity contribution in [3.63, 3.8) is 0 Å². The Morgan fingerprint density at radius 1 is 1.37 bits per heavy atom. The van der Waals surface area contributed by atoms with Gasteiger partial charge in [-0.05, 0) is 40.0 Å². The van der Waals surface area contributed by atoms with Gasteiger partial charge in [-0.3, -0.25) is 0 Å². The third kappa shape index (κ3) is 2.15. The molecule has 19 heavy (non-hydrogen) atoms. The summed E-state index contributed by atoms with van der Waals surface area (Å²) in [6.45, 7) is 6.89. The van der Waals surface area contributed by atoms with Gasteiger partial charge in [0.25, 0.3) is 0 Å². The summed E-state index contributed by atoms with van der Waals surface area (Å²) in [4.78, 5) is 0. The second-order valence-electron chi connectivity index (χ2n) is 6.74. The molecule has 2 saturated heterocycles. The summed E-state index contributed by atoms with van der Waals surface area (Å²) in [5.41, 5.74) is 0.676. The third-order valence-electron chi connectivity index (χ3n) is 5.02. The fraction of sp³-hybridized carbons (Fsp3) is 0.867. The Labute approximate surface area is 114 Å². The molecule has 2 aliphatic heterocycles. The summed E-state index contributed by atoms with van der Waals surface area (Å²) in [5.74, 6) is -0.112. The SMILES string of the molecule is CC(C)=CC[C@H]1O[C@]1(C)[C@H]1[C@H](O)[C@H](O)CC[C@]12CO2.